The number of rotatable bonds is 6. The van der Waals surface area contributed by atoms with Gasteiger partial charge in [0, 0.05) is 17.5 Å². The summed E-state index contributed by atoms with van der Waals surface area (Å²) in [6.07, 6.45) is 0. The van der Waals surface area contributed by atoms with Gasteiger partial charge in [0.1, 0.15) is 5.75 Å². The zero-order valence-electron chi connectivity index (χ0n) is 12.6. The van der Waals surface area contributed by atoms with Gasteiger partial charge in [0.2, 0.25) is 0 Å². The Morgan fingerprint density at radius 1 is 1.35 bits per heavy atom. The van der Waals surface area contributed by atoms with Gasteiger partial charge in [-0.2, -0.15) is 0 Å². The minimum atomic E-state index is 0.260. The lowest BCUT2D eigenvalue weighted by molar-refractivity contribution is 0.339. The molecule has 0 radical (unpaired) electrons. The first-order valence-electron chi connectivity index (χ1n) is 6.99. The zero-order chi connectivity index (χ0) is 14.5. The van der Waals surface area contributed by atoms with Gasteiger partial charge in [-0.1, -0.05) is 12.1 Å². The fourth-order valence-corrected chi connectivity index (χ4v) is 3.14. The number of aromatic nitrogens is 1. The zero-order valence-corrected chi connectivity index (χ0v) is 13.4. The summed E-state index contributed by atoms with van der Waals surface area (Å²) in [6.45, 7) is 9.87. The standard InChI is InChI=1S/C16H22N2OS/c1-5-19-15-8-6-7-14(9-15)10-17-11(2)16-12(3)20-13(4)18-16/h6-9,11,17H,5,10H2,1-4H3. The first-order chi connectivity index (χ1) is 9.60. The van der Waals surface area contributed by atoms with Gasteiger partial charge in [0.15, 0.2) is 0 Å². The first-order valence-corrected chi connectivity index (χ1v) is 7.81. The Morgan fingerprint density at radius 2 is 2.15 bits per heavy atom. The number of benzene rings is 1. The quantitative estimate of drug-likeness (QED) is 0.873. The molecule has 0 aliphatic heterocycles. The molecule has 1 aromatic carbocycles. The van der Waals surface area contributed by atoms with Crippen LogP contribution in [0.1, 0.15) is 41.0 Å². The molecule has 1 heterocycles. The van der Waals surface area contributed by atoms with Crippen LogP contribution in [0.15, 0.2) is 24.3 Å². The molecule has 0 spiro atoms. The second-order valence-corrected chi connectivity index (χ2v) is 6.26. The molecule has 0 fully saturated rings. The molecule has 0 aliphatic carbocycles. The van der Waals surface area contributed by atoms with E-state index < -0.39 is 0 Å². The summed E-state index contributed by atoms with van der Waals surface area (Å²) in [7, 11) is 0. The van der Waals surface area contributed by atoms with E-state index in [9.17, 15) is 0 Å². The molecule has 2 aromatic rings. The van der Waals surface area contributed by atoms with E-state index in [-0.39, 0.29) is 6.04 Å². The van der Waals surface area contributed by atoms with E-state index in [0.717, 1.165) is 23.0 Å². The van der Waals surface area contributed by atoms with Crippen molar-refractivity contribution in [3.63, 3.8) is 0 Å². The van der Waals surface area contributed by atoms with Gasteiger partial charge in [-0.15, -0.1) is 11.3 Å². The molecule has 0 aliphatic rings. The average Bonchev–Trinajstić information content (AvgIpc) is 2.76. The van der Waals surface area contributed by atoms with Crippen molar-refractivity contribution in [3.05, 3.63) is 45.4 Å². The van der Waals surface area contributed by atoms with Crippen molar-refractivity contribution in [2.45, 2.75) is 40.3 Å². The maximum Gasteiger partial charge on any atom is 0.119 e. The summed E-state index contributed by atoms with van der Waals surface area (Å²) < 4.78 is 5.52. The molecule has 1 aromatic heterocycles. The second-order valence-electron chi connectivity index (χ2n) is 4.86. The normalized spacial score (nSPS) is 12.4. The highest BCUT2D eigenvalue weighted by atomic mass is 32.1. The summed E-state index contributed by atoms with van der Waals surface area (Å²) in [6, 6.07) is 8.48. The van der Waals surface area contributed by atoms with Crippen LogP contribution in [0.3, 0.4) is 0 Å². The molecule has 3 nitrogen and oxygen atoms in total. The average molecular weight is 290 g/mol. The Balaban J connectivity index is 1.98. The van der Waals surface area contributed by atoms with Crippen molar-refractivity contribution in [2.24, 2.45) is 0 Å². The van der Waals surface area contributed by atoms with Gasteiger partial charge in [-0.25, -0.2) is 4.98 Å². The summed E-state index contributed by atoms with van der Waals surface area (Å²) in [5.41, 5.74) is 2.39. The third-order valence-electron chi connectivity index (χ3n) is 3.17. The molecule has 1 N–H and O–H groups in total. The van der Waals surface area contributed by atoms with E-state index in [1.807, 2.05) is 19.1 Å². The number of nitrogens with one attached hydrogen (secondary N) is 1. The van der Waals surface area contributed by atoms with Crippen molar-refractivity contribution in [3.8, 4) is 5.75 Å². The molecule has 1 unspecified atom stereocenters. The SMILES string of the molecule is CCOc1cccc(CNC(C)c2nc(C)sc2C)c1. The molecule has 20 heavy (non-hydrogen) atoms. The third kappa shape index (κ3) is 3.81. The largest absolute Gasteiger partial charge is 0.494 e. The second kappa shape index (κ2) is 6.86. The van der Waals surface area contributed by atoms with Crippen LogP contribution in [-0.4, -0.2) is 11.6 Å². The summed E-state index contributed by atoms with van der Waals surface area (Å²) in [5.74, 6) is 0.931. The van der Waals surface area contributed by atoms with Gasteiger partial charge in [-0.05, 0) is 45.4 Å². The van der Waals surface area contributed by atoms with Crippen molar-refractivity contribution < 1.29 is 4.74 Å². The smallest absolute Gasteiger partial charge is 0.119 e. The number of nitrogens with zero attached hydrogens (tertiary/aromatic N) is 1. The van der Waals surface area contributed by atoms with Crippen LogP contribution in [-0.2, 0) is 6.54 Å². The highest BCUT2D eigenvalue weighted by Crippen LogP contribution is 2.23. The van der Waals surface area contributed by atoms with E-state index in [4.69, 9.17) is 4.74 Å². The highest BCUT2D eigenvalue weighted by molar-refractivity contribution is 7.11. The fourth-order valence-electron chi connectivity index (χ4n) is 2.23. The first kappa shape index (κ1) is 15.0. The van der Waals surface area contributed by atoms with Crippen molar-refractivity contribution >= 4 is 11.3 Å². The monoisotopic (exact) mass is 290 g/mol. The van der Waals surface area contributed by atoms with E-state index in [0.29, 0.717) is 6.61 Å². The number of aryl methyl sites for hydroxylation is 2. The Hall–Kier alpha value is -1.39. The maximum absolute atomic E-state index is 5.52. The van der Waals surface area contributed by atoms with Crippen LogP contribution in [0.4, 0.5) is 0 Å². The summed E-state index contributed by atoms with van der Waals surface area (Å²) >= 11 is 1.76. The van der Waals surface area contributed by atoms with Crippen molar-refractivity contribution in [1.82, 2.24) is 10.3 Å². The van der Waals surface area contributed by atoms with Crippen LogP contribution in [0, 0.1) is 13.8 Å². The van der Waals surface area contributed by atoms with Crippen molar-refractivity contribution in [2.75, 3.05) is 6.61 Å². The fraction of sp³-hybridized carbons (Fsp3) is 0.438. The lowest BCUT2D eigenvalue weighted by Gasteiger charge is -2.13. The number of ether oxygens (including phenoxy) is 1. The molecule has 108 valence electrons. The van der Waals surface area contributed by atoms with Crippen LogP contribution < -0.4 is 10.1 Å². The van der Waals surface area contributed by atoms with E-state index in [1.165, 1.54) is 10.4 Å². The highest BCUT2D eigenvalue weighted by Gasteiger charge is 2.12. The maximum atomic E-state index is 5.52. The molecule has 0 amide bonds. The molecular formula is C16H22N2OS. The van der Waals surface area contributed by atoms with E-state index in [2.05, 4.69) is 43.2 Å². The predicted octanol–water partition coefficient (Wildman–Crippen LogP) is 4.01. The number of hydrogen-bond donors (Lipinski definition) is 1. The Kier molecular flexibility index (Phi) is 5.15. The minimum absolute atomic E-state index is 0.260. The Bertz CT molecular complexity index is 565. The minimum Gasteiger partial charge on any atom is -0.494 e. The van der Waals surface area contributed by atoms with Crippen LogP contribution >= 0.6 is 11.3 Å². The third-order valence-corrected chi connectivity index (χ3v) is 4.07. The van der Waals surface area contributed by atoms with Gasteiger partial charge < -0.3 is 10.1 Å². The lowest BCUT2D eigenvalue weighted by atomic mass is 10.1. The van der Waals surface area contributed by atoms with E-state index >= 15 is 0 Å². The van der Waals surface area contributed by atoms with Crippen molar-refractivity contribution in [1.29, 1.82) is 0 Å². The van der Waals surface area contributed by atoms with Crippen LogP contribution in [0.5, 0.6) is 5.75 Å². The molecule has 0 saturated heterocycles. The van der Waals surface area contributed by atoms with Gasteiger partial charge >= 0.3 is 0 Å². The molecule has 4 heteroatoms. The molecule has 0 saturated carbocycles. The molecule has 2 rings (SSSR count). The Labute approximate surface area is 125 Å². The molecular weight excluding hydrogens is 268 g/mol. The number of hydrogen-bond acceptors (Lipinski definition) is 4. The van der Waals surface area contributed by atoms with Gasteiger partial charge in [-0.3, -0.25) is 0 Å². The molecule has 1 atom stereocenters. The Morgan fingerprint density at radius 3 is 2.80 bits per heavy atom. The number of thiazole rings is 1. The van der Waals surface area contributed by atoms with Gasteiger partial charge in [0.25, 0.3) is 0 Å². The summed E-state index contributed by atoms with van der Waals surface area (Å²) in [5, 5.41) is 4.66. The van der Waals surface area contributed by atoms with E-state index in [1.54, 1.807) is 11.3 Å². The van der Waals surface area contributed by atoms with Gasteiger partial charge in [0.05, 0.1) is 17.3 Å². The lowest BCUT2D eigenvalue weighted by Crippen LogP contribution is -2.19. The summed E-state index contributed by atoms with van der Waals surface area (Å²) in [4.78, 5) is 5.90. The molecule has 0 bridgehead atoms. The topological polar surface area (TPSA) is 34.1 Å². The predicted molar refractivity (Wildman–Crippen MR) is 84.5 cm³/mol. The van der Waals surface area contributed by atoms with Crippen LogP contribution in [0.2, 0.25) is 0 Å². The van der Waals surface area contributed by atoms with Crippen LogP contribution in [0.25, 0.3) is 0 Å².